The van der Waals surface area contributed by atoms with Crippen molar-refractivity contribution in [3.63, 3.8) is 0 Å². The second-order valence-electron chi connectivity index (χ2n) is 12.2. The van der Waals surface area contributed by atoms with E-state index in [1.54, 1.807) is 19.1 Å². The smallest absolute Gasteiger partial charge is 0.201 e. The number of rotatable bonds is 10. The van der Waals surface area contributed by atoms with Crippen LogP contribution in [0.3, 0.4) is 0 Å². The third-order valence-corrected chi connectivity index (χ3v) is 9.43. The minimum absolute atomic E-state index is 0.0119. The topological polar surface area (TPSA) is 18.5 Å². The van der Waals surface area contributed by atoms with Gasteiger partial charge >= 0.3 is 0 Å². The zero-order valence-corrected chi connectivity index (χ0v) is 25.3. The Balaban J connectivity index is 1.12. The van der Waals surface area contributed by atoms with Gasteiger partial charge in [0.1, 0.15) is 0 Å². The Morgan fingerprint density at radius 2 is 1.14 bits per heavy atom. The summed E-state index contributed by atoms with van der Waals surface area (Å²) in [6.45, 7) is 4.30. The Morgan fingerprint density at radius 1 is 0.591 bits per heavy atom. The van der Waals surface area contributed by atoms with Crippen LogP contribution in [0, 0.1) is 40.8 Å². The van der Waals surface area contributed by atoms with Crippen molar-refractivity contribution >= 4 is 0 Å². The van der Waals surface area contributed by atoms with Crippen molar-refractivity contribution in [3.8, 4) is 16.9 Å². The van der Waals surface area contributed by atoms with Crippen LogP contribution in [0.15, 0.2) is 36.4 Å². The third kappa shape index (κ3) is 6.80. The molecule has 0 atom stereocenters. The summed E-state index contributed by atoms with van der Waals surface area (Å²) in [6, 6.07) is 8.67. The van der Waals surface area contributed by atoms with Crippen molar-refractivity contribution in [1.82, 2.24) is 0 Å². The monoisotopic (exact) mass is 618 g/mol. The van der Waals surface area contributed by atoms with E-state index in [-0.39, 0.29) is 47.0 Å². The molecular weight excluding hydrogens is 578 g/mol. The van der Waals surface area contributed by atoms with E-state index in [2.05, 4.69) is 0 Å². The standard InChI is InChI=1S/C36H40F6O2/c1-3-5-24-12-15-26(32(38)31(24)37)23-10-13-25(14-11-23)44-20-21-6-8-22(9-7-21)27-16-17-28(34(40)33(27)39)29-18-19-30(43-4-2)36(42)35(29)41/h12,15-19,21-23,25H,3-11,13-14,20H2,1-2H3. The minimum atomic E-state index is -1.28. The van der Waals surface area contributed by atoms with Gasteiger partial charge in [-0.15, -0.1) is 0 Å². The SMILES string of the molecule is CCCc1ccc(C2CCC(OCC3CCC(c4ccc(-c5ccc(OCC)c(F)c5F)c(F)c4F)CC3)CC2)c(F)c1F. The fourth-order valence-corrected chi connectivity index (χ4v) is 6.93. The van der Waals surface area contributed by atoms with Gasteiger partial charge in [-0.2, -0.15) is 4.39 Å². The quantitative estimate of drug-likeness (QED) is 0.211. The molecule has 2 fully saturated rings. The Kier molecular flexibility index (Phi) is 10.6. The molecule has 0 bridgehead atoms. The summed E-state index contributed by atoms with van der Waals surface area (Å²) in [6.07, 6.45) is 7.36. The van der Waals surface area contributed by atoms with Crippen LogP contribution in [0.5, 0.6) is 5.75 Å². The molecule has 3 aromatic carbocycles. The second-order valence-corrected chi connectivity index (χ2v) is 12.2. The van der Waals surface area contributed by atoms with Gasteiger partial charge in [0.05, 0.1) is 12.7 Å². The summed E-state index contributed by atoms with van der Waals surface area (Å²) < 4.78 is 99.9. The average Bonchev–Trinajstić information content (AvgIpc) is 3.03. The molecule has 3 aromatic rings. The lowest BCUT2D eigenvalue weighted by atomic mass is 9.78. The molecule has 0 saturated heterocycles. The molecule has 0 heterocycles. The van der Waals surface area contributed by atoms with Gasteiger partial charge in [0.15, 0.2) is 34.8 Å². The summed E-state index contributed by atoms with van der Waals surface area (Å²) in [7, 11) is 0. The summed E-state index contributed by atoms with van der Waals surface area (Å²) in [5, 5.41) is 0. The molecule has 5 rings (SSSR count). The molecule has 0 N–H and O–H groups in total. The van der Waals surface area contributed by atoms with E-state index in [0.29, 0.717) is 42.9 Å². The predicted octanol–water partition coefficient (Wildman–Crippen LogP) is 10.6. The molecule has 2 saturated carbocycles. The maximum absolute atomic E-state index is 15.2. The molecule has 8 heteroatoms. The van der Waals surface area contributed by atoms with Gasteiger partial charge in [0.2, 0.25) is 5.82 Å². The average molecular weight is 619 g/mol. The summed E-state index contributed by atoms with van der Waals surface area (Å²) >= 11 is 0. The largest absolute Gasteiger partial charge is 0.491 e. The number of hydrogen-bond acceptors (Lipinski definition) is 2. The highest BCUT2D eigenvalue weighted by Gasteiger charge is 2.30. The van der Waals surface area contributed by atoms with Crippen LogP contribution in [-0.2, 0) is 11.2 Å². The zero-order valence-electron chi connectivity index (χ0n) is 25.3. The van der Waals surface area contributed by atoms with Crippen LogP contribution in [0.4, 0.5) is 26.3 Å². The van der Waals surface area contributed by atoms with Crippen LogP contribution < -0.4 is 4.74 Å². The third-order valence-electron chi connectivity index (χ3n) is 9.43. The van der Waals surface area contributed by atoms with Crippen LogP contribution >= 0.6 is 0 Å². The molecular formula is C36H40F6O2. The van der Waals surface area contributed by atoms with E-state index in [1.807, 2.05) is 6.92 Å². The van der Waals surface area contributed by atoms with E-state index in [9.17, 15) is 17.6 Å². The lowest BCUT2D eigenvalue weighted by molar-refractivity contribution is -0.00294. The van der Waals surface area contributed by atoms with E-state index >= 15 is 8.78 Å². The number of ether oxygens (including phenoxy) is 2. The van der Waals surface area contributed by atoms with Gasteiger partial charge in [-0.25, -0.2) is 22.0 Å². The Labute approximate surface area is 255 Å². The molecule has 0 aromatic heterocycles. The molecule has 44 heavy (non-hydrogen) atoms. The first-order chi connectivity index (χ1) is 21.2. The van der Waals surface area contributed by atoms with Crippen molar-refractivity contribution in [2.24, 2.45) is 5.92 Å². The van der Waals surface area contributed by atoms with Gasteiger partial charge in [-0.05, 0) is 111 Å². The highest BCUT2D eigenvalue weighted by molar-refractivity contribution is 5.66. The van der Waals surface area contributed by atoms with Crippen molar-refractivity contribution in [1.29, 1.82) is 0 Å². The summed E-state index contributed by atoms with van der Waals surface area (Å²) in [4.78, 5) is 0. The first-order valence-corrected chi connectivity index (χ1v) is 15.9. The van der Waals surface area contributed by atoms with Crippen molar-refractivity contribution in [2.45, 2.75) is 96.0 Å². The highest BCUT2D eigenvalue weighted by Crippen LogP contribution is 2.41. The van der Waals surface area contributed by atoms with E-state index in [0.717, 1.165) is 44.9 Å². The van der Waals surface area contributed by atoms with Gasteiger partial charge < -0.3 is 9.47 Å². The summed E-state index contributed by atoms with van der Waals surface area (Å²) in [5.74, 6) is -6.31. The molecule has 0 radical (unpaired) electrons. The number of aryl methyl sites for hydroxylation is 1. The van der Waals surface area contributed by atoms with Crippen LogP contribution in [0.25, 0.3) is 11.1 Å². The maximum Gasteiger partial charge on any atom is 0.201 e. The molecule has 0 amide bonds. The molecule has 2 nitrogen and oxygen atoms in total. The van der Waals surface area contributed by atoms with Crippen LogP contribution in [0.1, 0.15) is 100 Å². The Morgan fingerprint density at radius 3 is 1.75 bits per heavy atom. The number of benzene rings is 3. The molecule has 2 aliphatic carbocycles. The number of hydrogen-bond donors (Lipinski definition) is 0. The van der Waals surface area contributed by atoms with Crippen LogP contribution in [-0.4, -0.2) is 19.3 Å². The molecule has 0 unspecified atom stereocenters. The first-order valence-electron chi connectivity index (χ1n) is 15.9. The van der Waals surface area contributed by atoms with Crippen molar-refractivity contribution < 1.29 is 35.8 Å². The van der Waals surface area contributed by atoms with Crippen LogP contribution in [0.2, 0.25) is 0 Å². The van der Waals surface area contributed by atoms with E-state index < -0.39 is 34.9 Å². The lowest BCUT2D eigenvalue weighted by Gasteiger charge is -2.33. The van der Waals surface area contributed by atoms with Gasteiger partial charge in [0, 0.05) is 17.7 Å². The fraction of sp³-hybridized carbons (Fsp3) is 0.500. The predicted molar refractivity (Wildman–Crippen MR) is 159 cm³/mol. The highest BCUT2D eigenvalue weighted by atomic mass is 19.2. The van der Waals surface area contributed by atoms with E-state index in [4.69, 9.17) is 9.47 Å². The van der Waals surface area contributed by atoms with Gasteiger partial charge in [0.25, 0.3) is 0 Å². The normalized spacial score (nSPS) is 22.3. The molecule has 0 spiro atoms. The molecule has 2 aliphatic rings. The van der Waals surface area contributed by atoms with E-state index in [1.165, 1.54) is 24.3 Å². The fourth-order valence-electron chi connectivity index (χ4n) is 6.93. The molecule has 238 valence electrons. The minimum Gasteiger partial charge on any atom is -0.491 e. The van der Waals surface area contributed by atoms with Crippen molar-refractivity contribution in [3.05, 3.63) is 88.0 Å². The van der Waals surface area contributed by atoms with Gasteiger partial charge in [-0.1, -0.05) is 37.6 Å². The van der Waals surface area contributed by atoms with Gasteiger partial charge in [-0.3, -0.25) is 0 Å². The molecule has 0 aliphatic heterocycles. The Hall–Kier alpha value is -3.00. The zero-order chi connectivity index (χ0) is 31.4. The first kappa shape index (κ1) is 32.4. The van der Waals surface area contributed by atoms with Crippen molar-refractivity contribution in [2.75, 3.05) is 13.2 Å². The second kappa shape index (κ2) is 14.4. The maximum atomic E-state index is 15.2. The Bertz CT molecular complexity index is 1440. The number of halogens is 6. The lowest BCUT2D eigenvalue weighted by Crippen LogP contribution is -2.26. The summed E-state index contributed by atoms with van der Waals surface area (Å²) in [5.41, 5.74) is 0.464.